The minimum Gasteiger partial charge on any atom is -0.392 e. The minimum atomic E-state index is -0.493. The van der Waals surface area contributed by atoms with E-state index in [0.29, 0.717) is 0 Å². The van der Waals surface area contributed by atoms with Gasteiger partial charge in [0.25, 0.3) is 0 Å². The van der Waals surface area contributed by atoms with Crippen LogP contribution in [0.4, 0.5) is 0 Å². The zero-order chi connectivity index (χ0) is 12.0. The van der Waals surface area contributed by atoms with Crippen molar-refractivity contribution in [3.05, 3.63) is 12.7 Å². The summed E-state index contributed by atoms with van der Waals surface area (Å²) < 4.78 is 0. The first-order chi connectivity index (χ1) is 7.63. The molecule has 2 nitrogen and oxygen atoms in total. The Labute approximate surface area is 98.7 Å². The van der Waals surface area contributed by atoms with Crippen LogP contribution in [-0.4, -0.2) is 17.0 Å². The van der Waals surface area contributed by atoms with Gasteiger partial charge in [-0.15, -0.1) is 0 Å². The maximum absolute atomic E-state index is 11.1. The van der Waals surface area contributed by atoms with E-state index in [2.05, 4.69) is 13.5 Å². The third-order valence-electron chi connectivity index (χ3n) is 3.72. The van der Waals surface area contributed by atoms with Crippen molar-refractivity contribution in [1.82, 2.24) is 0 Å². The second kappa shape index (κ2) is 6.85. The molecule has 92 valence electrons. The van der Waals surface area contributed by atoms with E-state index in [0.717, 1.165) is 12.3 Å². The van der Waals surface area contributed by atoms with E-state index in [-0.39, 0.29) is 18.1 Å². The number of ketones is 1. The zero-order valence-electron chi connectivity index (χ0n) is 10.3. The number of rotatable bonds is 6. The first kappa shape index (κ1) is 13.4. The lowest BCUT2D eigenvalue weighted by Gasteiger charge is -2.26. The Bertz CT molecular complexity index is 229. The molecule has 1 aliphatic carbocycles. The summed E-state index contributed by atoms with van der Waals surface area (Å²) >= 11 is 0. The van der Waals surface area contributed by atoms with Gasteiger partial charge in [0, 0.05) is 6.42 Å². The van der Waals surface area contributed by atoms with Gasteiger partial charge in [0.15, 0.2) is 5.78 Å². The second-order valence-corrected chi connectivity index (χ2v) is 5.16. The first-order valence-electron chi connectivity index (χ1n) is 6.46. The molecule has 1 N–H and O–H groups in total. The van der Waals surface area contributed by atoms with Crippen LogP contribution < -0.4 is 0 Å². The van der Waals surface area contributed by atoms with Gasteiger partial charge in [-0.05, 0) is 24.3 Å². The van der Waals surface area contributed by atoms with E-state index in [9.17, 15) is 9.90 Å². The van der Waals surface area contributed by atoms with Crippen molar-refractivity contribution >= 4 is 5.78 Å². The molecule has 1 fully saturated rings. The van der Waals surface area contributed by atoms with Crippen molar-refractivity contribution in [2.24, 2.45) is 11.8 Å². The number of carbonyl (C=O) groups excluding carboxylic acids is 1. The summed E-state index contributed by atoms with van der Waals surface area (Å²) in [5.74, 6) is 0.937. The third-order valence-corrected chi connectivity index (χ3v) is 3.72. The maximum Gasteiger partial charge on any atom is 0.157 e. The van der Waals surface area contributed by atoms with Crippen LogP contribution in [-0.2, 0) is 4.79 Å². The van der Waals surface area contributed by atoms with Gasteiger partial charge in [-0.3, -0.25) is 4.79 Å². The van der Waals surface area contributed by atoms with Crippen molar-refractivity contribution in [2.75, 3.05) is 0 Å². The molecule has 0 radical (unpaired) electrons. The van der Waals surface area contributed by atoms with Gasteiger partial charge in [0.1, 0.15) is 0 Å². The monoisotopic (exact) mass is 224 g/mol. The first-order valence-corrected chi connectivity index (χ1v) is 6.46. The van der Waals surface area contributed by atoms with Crippen LogP contribution in [0.2, 0.25) is 0 Å². The molecule has 0 spiro atoms. The molecule has 0 saturated heterocycles. The van der Waals surface area contributed by atoms with Gasteiger partial charge in [0.05, 0.1) is 6.10 Å². The fraction of sp³-hybridized carbons (Fsp3) is 0.786. The van der Waals surface area contributed by atoms with Gasteiger partial charge >= 0.3 is 0 Å². The molecule has 0 aromatic heterocycles. The molecule has 0 aliphatic heterocycles. The Morgan fingerprint density at radius 1 is 1.44 bits per heavy atom. The smallest absolute Gasteiger partial charge is 0.157 e. The molecule has 1 rings (SSSR count). The molecular weight excluding hydrogens is 200 g/mol. The highest BCUT2D eigenvalue weighted by atomic mass is 16.3. The summed E-state index contributed by atoms with van der Waals surface area (Å²) in [6.45, 7) is 5.48. The van der Waals surface area contributed by atoms with Crippen LogP contribution >= 0.6 is 0 Å². The number of hydrogen-bond acceptors (Lipinski definition) is 2. The van der Waals surface area contributed by atoms with Gasteiger partial charge in [-0.1, -0.05) is 45.6 Å². The Morgan fingerprint density at radius 2 is 2.06 bits per heavy atom. The molecule has 16 heavy (non-hydrogen) atoms. The van der Waals surface area contributed by atoms with Crippen LogP contribution in [0, 0.1) is 11.8 Å². The molecular formula is C14H24O2. The van der Waals surface area contributed by atoms with Crippen molar-refractivity contribution < 1.29 is 9.90 Å². The van der Waals surface area contributed by atoms with Crippen molar-refractivity contribution in [1.29, 1.82) is 0 Å². The summed E-state index contributed by atoms with van der Waals surface area (Å²) in [5, 5.41) is 9.88. The maximum atomic E-state index is 11.1. The number of aliphatic hydroxyl groups is 1. The summed E-state index contributed by atoms with van der Waals surface area (Å²) in [6, 6.07) is 0. The van der Waals surface area contributed by atoms with Gasteiger partial charge in [-0.25, -0.2) is 0 Å². The molecule has 0 bridgehead atoms. The third kappa shape index (κ3) is 4.48. The standard InChI is InChI=1S/C14H24O2/c1-3-13(15)10-14(16)11(2)9-12-7-5-4-6-8-12/h3,11-12,14,16H,1,4-10H2,2H3/t11-,14+/m0/s1. The highest BCUT2D eigenvalue weighted by molar-refractivity contribution is 5.89. The lowest BCUT2D eigenvalue weighted by Crippen LogP contribution is -2.23. The predicted molar refractivity (Wildman–Crippen MR) is 66.2 cm³/mol. The van der Waals surface area contributed by atoms with Crippen LogP contribution in [0.25, 0.3) is 0 Å². The fourth-order valence-electron chi connectivity index (χ4n) is 2.60. The molecule has 1 aliphatic rings. The van der Waals surface area contributed by atoms with E-state index in [4.69, 9.17) is 0 Å². The average molecular weight is 224 g/mol. The Morgan fingerprint density at radius 3 is 2.62 bits per heavy atom. The molecule has 0 heterocycles. The van der Waals surface area contributed by atoms with Gasteiger partial charge in [0.2, 0.25) is 0 Å². The summed E-state index contributed by atoms with van der Waals surface area (Å²) in [7, 11) is 0. The SMILES string of the molecule is C=CC(=O)C[C@@H](O)[C@@H](C)CC1CCCCC1. The summed E-state index contributed by atoms with van der Waals surface area (Å²) in [4.78, 5) is 11.1. The van der Waals surface area contributed by atoms with E-state index in [1.165, 1.54) is 38.2 Å². The lowest BCUT2D eigenvalue weighted by molar-refractivity contribution is -0.117. The van der Waals surface area contributed by atoms with E-state index in [1.807, 2.05) is 0 Å². The largest absolute Gasteiger partial charge is 0.392 e. The molecule has 1 saturated carbocycles. The van der Waals surface area contributed by atoms with Crippen LogP contribution in [0.15, 0.2) is 12.7 Å². The zero-order valence-corrected chi connectivity index (χ0v) is 10.3. The van der Waals surface area contributed by atoms with E-state index < -0.39 is 6.10 Å². The minimum absolute atomic E-state index is 0.0528. The topological polar surface area (TPSA) is 37.3 Å². The normalized spacial score (nSPS) is 21.4. The number of carbonyl (C=O) groups is 1. The summed E-state index contributed by atoms with van der Waals surface area (Å²) in [5.41, 5.74) is 0. The van der Waals surface area contributed by atoms with Crippen molar-refractivity contribution in [3.8, 4) is 0 Å². The van der Waals surface area contributed by atoms with Gasteiger partial charge in [-0.2, -0.15) is 0 Å². The van der Waals surface area contributed by atoms with Crippen molar-refractivity contribution in [2.45, 2.75) is 58.0 Å². The fourth-order valence-corrected chi connectivity index (χ4v) is 2.60. The van der Waals surface area contributed by atoms with Gasteiger partial charge < -0.3 is 5.11 Å². The average Bonchev–Trinajstić information content (AvgIpc) is 2.30. The molecule has 0 aromatic carbocycles. The number of aliphatic hydroxyl groups excluding tert-OH is 1. The Kier molecular flexibility index (Phi) is 5.75. The molecule has 2 heteroatoms. The van der Waals surface area contributed by atoms with Crippen LogP contribution in [0.1, 0.15) is 51.9 Å². The summed E-state index contributed by atoms with van der Waals surface area (Å²) in [6.07, 6.45) is 8.73. The highest BCUT2D eigenvalue weighted by Crippen LogP contribution is 2.30. The number of allylic oxidation sites excluding steroid dienone is 1. The molecule has 2 atom stereocenters. The van der Waals surface area contributed by atoms with E-state index in [1.54, 1.807) is 0 Å². The van der Waals surface area contributed by atoms with E-state index >= 15 is 0 Å². The van der Waals surface area contributed by atoms with Crippen molar-refractivity contribution in [3.63, 3.8) is 0 Å². The highest BCUT2D eigenvalue weighted by Gasteiger charge is 2.22. The lowest BCUT2D eigenvalue weighted by atomic mass is 9.81. The Balaban J connectivity index is 2.29. The molecule has 0 amide bonds. The van der Waals surface area contributed by atoms with Crippen LogP contribution in [0.5, 0.6) is 0 Å². The molecule has 0 unspecified atom stereocenters. The molecule has 0 aromatic rings. The van der Waals surface area contributed by atoms with Crippen LogP contribution in [0.3, 0.4) is 0 Å². The quantitative estimate of drug-likeness (QED) is 0.704. The Hall–Kier alpha value is -0.630. The predicted octanol–water partition coefficient (Wildman–Crippen LogP) is 3.10. The second-order valence-electron chi connectivity index (χ2n) is 5.16. The number of hydrogen-bond donors (Lipinski definition) is 1.